The van der Waals surface area contributed by atoms with Crippen molar-refractivity contribution in [2.45, 2.75) is 39.2 Å². The molecule has 2 heterocycles. The third kappa shape index (κ3) is 4.14. The van der Waals surface area contributed by atoms with Crippen LogP contribution in [0, 0.1) is 6.92 Å². The predicted molar refractivity (Wildman–Crippen MR) is 76.8 cm³/mol. The van der Waals surface area contributed by atoms with Gasteiger partial charge in [-0.05, 0) is 38.8 Å². The number of halogens is 1. The van der Waals surface area contributed by atoms with Crippen molar-refractivity contribution in [1.82, 2.24) is 20.8 Å². The summed E-state index contributed by atoms with van der Waals surface area (Å²) in [5, 5.41) is 14.4. The highest BCUT2D eigenvalue weighted by atomic mass is 35.5. The summed E-state index contributed by atoms with van der Waals surface area (Å²) in [5.74, 6) is -0.0291. The van der Waals surface area contributed by atoms with Crippen LogP contribution in [0.2, 0.25) is 0 Å². The summed E-state index contributed by atoms with van der Waals surface area (Å²) in [6.45, 7) is 5.73. The van der Waals surface area contributed by atoms with E-state index in [-0.39, 0.29) is 24.4 Å². The van der Waals surface area contributed by atoms with Crippen molar-refractivity contribution >= 4 is 18.3 Å². The summed E-state index contributed by atoms with van der Waals surface area (Å²) in [5.41, 5.74) is 2.21. The van der Waals surface area contributed by atoms with Crippen LogP contribution in [0.15, 0.2) is 6.07 Å². The molecule has 1 saturated heterocycles. The Bertz CT molecular complexity index is 433. The molecule has 0 spiro atoms. The SMILES string of the molecule is CCc1nnc(C)cc1C(=O)NC1CCCNC1.Cl. The monoisotopic (exact) mass is 284 g/mol. The Labute approximate surface area is 120 Å². The minimum Gasteiger partial charge on any atom is -0.348 e. The van der Waals surface area contributed by atoms with Crippen LogP contribution in [0.4, 0.5) is 0 Å². The quantitative estimate of drug-likeness (QED) is 0.877. The molecule has 106 valence electrons. The molecule has 0 aromatic carbocycles. The number of hydrogen-bond donors (Lipinski definition) is 2. The van der Waals surface area contributed by atoms with E-state index >= 15 is 0 Å². The number of hydrogen-bond acceptors (Lipinski definition) is 4. The number of aromatic nitrogens is 2. The number of piperidine rings is 1. The van der Waals surface area contributed by atoms with Gasteiger partial charge in [-0.25, -0.2) is 0 Å². The fraction of sp³-hybridized carbons (Fsp3) is 0.615. The molecular weight excluding hydrogens is 264 g/mol. The minimum atomic E-state index is -0.0291. The van der Waals surface area contributed by atoms with E-state index < -0.39 is 0 Å². The Hall–Kier alpha value is -1.20. The van der Waals surface area contributed by atoms with Crippen molar-refractivity contribution < 1.29 is 4.79 Å². The zero-order valence-corrected chi connectivity index (χ0v) is 12.2. The first-order chi connectivity index (χ1) is 8.70. The number of aryl methyl sites for hydroxylation is 2. The summed E-state index contributed by atoms with van der Waals surface area (Å²) < 4.78 is 0. The van der Waals surface area contributed by atoms with Crippen molar-refractivity contribution in [3.8, 4) is 0 Å². The van der Waals surface area contributed by atoms with Gasteiger partial charge in [0.1, 0.15) is 0 Å². The Morgan fingerprint density at radius 1 is 1.53 bits per heavy atom. The standard InChI is InChI=1S/C13H20N4O.ClH/c1-3-12-11(7-9(2)16-17-12)13(18)15-10-5-4-6-14-8-10;/h7,10,14H,3-6,8H2,1-2H3,(H,15,18);1H. The van der Waals surface area contributed by atoms with E-state index in [2.05, 4.69) is 20.8 Å². The highest BCUT2D eigenvalue weighted by Crippen LogP contribution is 2.09. The molecule has 1 atom stereocenters. The average molecular weight is 285 g/mol. The van der Waals surface area contributed by atoms with Gasteiger partial charge in [-0.1, -0.05) is 6.92 Å². The van der Waals surface area contributed by atoms with Gasteiger partial charge in [0.25, 0.3) is 5.91 Å². The molecule has 2 N–H and O–H groups in total. The topological polar surface area (TPSA) is 66.9 Å². The van der Waals surface area contributed by atoms with Gasteiger partial charge in [0.15, 0.2) is 0 Å². The lowest BCUT2D eigenvalue weighted by Gasteiger charge is -2.24. The highest BCUT2D eigenvalue weighted by Gasteiger charge is 2.18. The smallest absolute Gasteiger partial charge is 0.253 e. The molecule has 6 heteroatoms. The van der Waals surface area contributed by atoms with Gasteiger partial charge in [-0.3, -0.25) is 4.79 Å². The molecule has 0 bridgehead atoms. The minimum absolute atomic E-state index is 0. The van der Waals surface area contributed by atoms with Crippen LogP contribution >= 0.6 is 12.4 Å². The van der Waals surface area contributed by atoms with Gasteiger partial charge in [-0.2, -0.15) is 10.2 Å². The molecule has 1 aromatic rings. The van der Waals surface area contributed by atoms with Crippen molar-refractivity contribution in [2.75, 3.05) is 13.1 Å². The first kappa shape index (κ1) is 15.9. The van der Waals surface area contributed by atoms with Crippen molar-refractivity contribution in [3.63, 3.8) is 0 Å². The fourth-order valence-corrected chi connectivity index (χ4v) is 2.21. The van der Waals surface area contributed by atoms with E-state index in [1.807, 2.05) is 19.9 Å². The Morgan fingerprint density at radius 3 is 2.95 bits per heavy atom. The molecule has 1 aliphatic rings. The van der Waals surface area contributed by atoms with Crippen molar-refractivity contribution in [2.24, 2.45) is 0 Å². The lowest BCUT2D eigenvalue weighted by Crippen LogP contribution is -2.45. The summed E-state index contributed by atoms with van der Waals surface area (Å²) in [6.07, 6.45) is 2.87. The average Bonchev–Trinajstić information content (AvgIpc) is 2.40. The van der Waals surface area contributed by atoms with E-state index in [0.29, 0.717) is 5.56 Å². The number of rotatable bonds is 3. The lowest BCUT2D eigenvalue weighted by molar-refractivity contribution is 0.0929. The normalized spacial score (nSPS) is 18.5. The van der Waals surface area contributed by atoms with E-state index in [1.165, 1.54) is 0 Å². The van der Waals surface area contributed by atoms with E-state index in [4.69, 9.17) is 0 Å². The molecule has 0 aliphatic carbocycles. The van der Waals surface area contributed by atoms with Crippen LogP contribution in [0.25, 0.3) is 0 Å². The maximum absolute atomic E-state index is 12.2. The fourth-order valence-electron chi connectivity index (χ4n) is 2.21. The van der Waals surface area contributed by atoms with Crippen LogP contribution in [0.1, 0.15) is 41.5 Å². The number of carbonyl (C=O) groups is 1. The molecule has 1 aromatic heterocycles. The second-order valence-electron chi connectivity index (χ2n) is 4.72. The van der Waals surface area contributed by atoms with Gasteiger partial charge in [0.2, 0.25) is 0 Å². The largest absolute Gasteiger partial charge is 0.348 e. The van der Waals surface area contributed by atoms with Crippen LogP contribution in [-0.2, 0) is 6.42 Å². The van der Waals surface area contributed by atoms with E-state index in [1.54, 1.807) is 0 Å². The summed E-state index contributed by atoms with van der Waals surface area (Å²) in [4.78, 5) is 12.2. The summed E-state index contributed by atoms with van der Waals surface area (Å²) in [6, 6.07) is 2.04. The Kier molecular flexibility index (Phi) is 6.18. The van der Waals surface area contributed by atoms with Gasteiger partial charge in [0.05, 0.1) is 17.0 Å². The first-order valence-electron chi connectivity index (χ1n) is 6.55. The molecule has 5 nitrogen and oxygen atoms in total. The van der Waals surface area contributed by atoms with Crippen LogP contribution in [0.3, 0.4) is 0 Å². The molecule has 2 rings (SSSR count). The van der Waals surface area contributed by atoms with Gasteiger partial charge < -0.3 is 10.6 Å². The second-order valence-corrected chi connectivity index (χ2v) is 4.72. The highest BCUT2D eigenvalue weighted by molar-refractivity contribution is 5.95. The van der Waals surface area contributed by atoms with E-state index in [0.717, 1.165) is 43.7 Å². The molecular formula is C13H21ClN4O. The van der Waals surface area contributed by atoms with Crippen LogP contribution < -0.4 is 10.6 Å². The van der Waals surface area contributed by atoms with Gasteiger partial charge >= 0.3 is 0 Å². The third-order valence-electron chi connectivity index (χ3n) is 3.20. The summed E-state index contributed by atoms with van der Waals surface area (Å²) in [7, 11) is 0. The van der Waals surface area contributed by atoms with Crippen LogP contribution in [-0.4, -0.2) is 35.2 Å². The molecule has 1 amide bonds. The zero-order chi connectivity index (χ0) is 13.0. The Morgan fingerprint density at radius 2 is 2.32 bits per heavy atom. The molecule has 1 fully saturated rings. The molecule has 1 unspecified atom stereocenters. The molecule has 19 heavy (non-hydrogen) atoms. The zero-order valence-electron chi connectivity index (χ0n) is 11.4. The first-order valence-corrected chi connectivity index (χ1v) is 6.55. The number of carbonyl (C=O) groups excluding carboxylic acids is 1. The third-order valence-corrected chi connectivity index (χ3v) is 3.20. The number of nitrogens with one attached hydrogen (secondary N) is 2. The van der Waals surface area contributed by atoms with Crippen molar-refractivity contribution in [1.29, 1.82) is 0 Å². The van der Waals surface area contributed by atoms with E-state index in [9.17, 15) is 4.79 Å². The molecule has 1 aliphatic heterocycles. The maximum atomic E-state index is 12.2. The second kappa shape index (κ2) is 7.40. The number of amides is 1. The Balaban J connectivity index is 0.00000180. The predicted octanol–water partition coefficient (Wildman–Crippen LogP) is 1.25. The van der Waals surface area contributed by atoms with Gasteiger partial charge in [0, 0.05) is 12.6 Å². The molecule has 0 saturated carbocycles. The number of nitrogens with zero attached hydrogens (tertiary/aromatic N) is 2. The van der Waals surface area contributed by atoms with Gasteiger partial charge in [-0.15, -0.1) is 12.4 Å². The molecule has 0 radical (unpaired) electrons. The van der Waals surface area contributed by atoms with Crippen molar-refractivity contribution in [3.05, 3.63) is 23.0 Å². The van der Waals surface area contributed by atoms with Crippen LogP contribution in [0.5, 0.6) is 0 Å². The lowest BCUT2D eigenvalue weighted by atomic mass is 10.1. The summed E-state index contributed by atoms with van der Waals surface area (Å²) >= 11 is 0. The maximum Gasteiger partial charge on any atom is 0.253 e.